The second-order valence-corrected chi connectivity index (χ2v) is 5.87. The Hall–Kier alpha value is -2.14. The fourth-order valence-corrected chi connectivity index (χ4v) is 2.97. The molecular weight excluding hydrogens is 290 g/mol. The molecule has 0 spiro atoms. The van der Waals surface area contributed by atoms with Crippen molar-refractivity contribution >= 4 is 5.91 Å². The maximum absolute atomic E-state index is 12.4. The van der Waals surface area contributed by atoms with Gasteiger partial charge >= 0.3 is 0 Å². The molecule has 3 rings (SSSR count). The van der Waals surface area contributed by atoms with E-state index in [2.05, 4.69) is 15.3 Å². The minimum Gasteiger partial charge on any atom is -0.378 e. The molecule has 0 bridgehead atoms. The lowest BCUT2D eigenvalue weighted by Gasteiger charge is -2.12. The first-order valence-electron chi connectivity index (χ1n) is 8.33. The van der Waals surface area contributed by atoms with Crippen LogP contribution in [0.4, 0.5) is 0 Å². The van der Waals surface area contributed by atoms with Crippen molar-refractivity contribution in [1.29, 1.82) is 0 Å². The fraction of sp³-hybridized carbons (Fsp3) is 0.444. The number of hydrogen-bond acceptors (Lipinski definition) is 3. The fourth-order valence-electron chi connectivity index (χ4n) is 2.97. The summed E-state index contributed by atoms with van der Waals surface area (Å²) in [4.78, 5) is 19.7. The Balaban J connectivity index is 1.48. The van der Waals surface area contributed by atoms with Crippen molar-refractivity contribution in [3.8, 4) is 11.4 Å². The molecule has 0 unspecified atom stereocenters. The highest BCUT2D eigenvalue weighted by Gasteiger charge is 2.15. The van der Waals surface area contributed by atoms with E-state index in [1.807, 2.05) is 24.3 Å². The third-order valence-corrected chi connectivity index (χ3v) is 4.19. The Bertz CT molecular complexity index is 619. The number of imidazole rings is 1. The number of aromatic amines is 1. The predicted octanol–water partition coefficient (Wildman–Crippen LogP) is 3.16. The van der Waals surface area contributed by atoms with E-state index in [4.69, 9.17) is 4.74 Å². The van der Waals surface area contributed by atoms with Gasteiger partial charge in [-0.3, -0.25) is 4.79 Å². The SMILES string of the molecule is O=C(NCCCOC1CCCC1)c1ccccc1-c1ncc[nH]1. The molecule has 2 aromatic rings. The molecule has 1 aliphatic carbocycles. The van der Waals surface area contributed by atoms with Gasteiger partial charge in [0.25, 0.3) is 5.91 Å². The Morgan fingerprint density at radius 3 is 2.91 bits per heavy atom. The summed E-state index contributed by atoms with van der Waals surface area (Å²) in [6, 6.07) is 7.49. The van der Waals surface area contributed by atoms with Crippen molar-refractivity contribution in [2.45, 2.75) is 38.2 Å². The lowest BCUT2D eigenvalue weighted by atomic mass is 10.1. The molecule has 5 nitrogen and oxygen atoms in total. The van der Waals surface area contributed by atoms with E-state index in [1.165, 1.54) is 25.7 Å². The average molecular weight is 313 g/mol. The average Bonchev–Trinajstić information content (AvgIpc) is 3.28. The molecule has 1 aliphatic rings. The van der Waals surface area contributed by atoms with Crippen LogP contribution in [0.3, 0.4) is 0 Å². The normalized spacial score (nSPS) is 15.0. The maximum Gasteiger partial charge on any atom is 0.252 e. The van der Waals surface area contributed by atoms with Gasteiger partial charge in [-0.1, -0.05) is 31.0 Å². The van der Waals surface area contributed by atoms with Crippen LogP contribution < -0.4 is 5.32 Å². The molecular formula is C18H23N3O2. The Morgan fingerprint density at radius 2 is 2.13 bits per heavy atom. The van der Waals surface area contributed by atoms with Crippen LogP contribution in [0.15, 0.2) is 36.7 Å². The molecule has 1 heterocycles. The lowest BCUT2D eigenvalue weighted by Crippen LogP contribution is -2.26. The highest BCUT2D eigenvalue weighted by molar-refractivity contribution is 6.00. The summed E-state index contributed by atoms with van der Waals surface area (Å²) < 4.78 is 5.81. The quantitative estimate of drug-likeness (QED) is 0.772. The standard InChI is InChI=1S/C18H23N3O2/c22-18(21-10-5-13-23-14-6-1-2-7-14)16-9-4-3-8-15(16)17-19-11-12-20-17/h3-4,8-9,11-12,14H,1-2,5-7,10,13H2,(H,19,20)(H,21,22). The van der Waals surface area contributed by atoms with Gasteiger partial charge in [-0.05, 0) is 25.3 Å². The molecule has 1 saturated carbocycles. The zero-order chi connectivity index (χ0) is 15.9. The van der Waals surface area contributed by atoms with E-state index >= 15 is 0 Å². The van der Waals surface area contributed by atoms with Crippen LogP contribution in [0.5, 0.6) is 0 Å². The van der Waals surface area contributed by atoms with E-state index in [-0.39, 0.29) is 5.91 Å². The minimum atomic E-state index is -0.0714. The molecule has 122 valence electrons. The van der Waals surface area contributed by atoms with Gasteiger partial charge in [0.15, 0.2) is 0 Å². The predicted molar refractivity (Wildman–Crippen MR) is 89.2 cm³/mol. The van der Waals surface area contributed by atoms with Crippen LogP contribution in [-0.2, 0) is 4.74 Å². The second kappa shape index (κ2) is 7.92. The van der Waals surface area contributed by atoms with Gasteiger partial charge in [0.05, 0.1) is 11.7 Å². The number of hydrogen-bond donors (Lipinski definition) is 2. The number of ether oxygens (including phenoxy) is 1. The smallest absolute Gasteiger partial charge is 0.252 e. The van der Waals surface area contributed by atoms with Crippen LogP contribution in [0, 0.1) is 0 Å². The van der Waals surface area contributed by atoms with E-state index in [0.717, 1.165) is 12.0 Å². The summed E-state index contributed by atoms with van der Waals surface area (Å²) in [5.74, 6) is 0.637. The van der Waals surface area contributed by atoms with Crippen LogP contribution in [0.2, 0.25) is 0 Å². The van der Waals surface area contributed by atoms with Gasteiger partial charge in [-0.25, -0.2) is 4.98 Å². The van der Waals surface area contributed by atoms with Crippen molar-refractivity contribution in [3.05, 3.63) is 42.2 Å². The maximum atomic E-state index is 12.4. The summed E-state index contributed by atoms with van der Waals surface area (Å²) >= 11 is 0. The molecule has 1 fully saturated rings. The van der Waals surface area contributed by atoms with Crippen molar-refractivity contribution < 1.29 is 9.53 Å². The third kappa shape index (κ3) is 4.20. The zero-order valence-electron chi connectivity index (χ0n) is 13.3. The monoisotopic (exact) mass is 313 g/mol. The van der Waals surface area contributed by atoms with Gasteiger partial charge in [0.1, 0.15) is 5.82 Å². The van der Waals surface area contributed by atoms with Gasteiger partial charge in [-0.2, -0.15) is 0 Å². The van der Waals surface area contributed by atoms with E-state index < -0.39 is 0 Å². The topological polar surface area (TPSA) is 67.0 Å². The van der Waals surface area contributed by atoms with Crippen molar-refractivity contribution in [2.24, 2.45) is 0 Å². The van der Waals surface area contributed by atoms with Crippen molar-refractivity contribution in [3.63, 3.8) is 0 Å². The number of carbonyl (C=O) groups is 1. The zero-order valence-corrected chi connectivity index (χ0v) is 13.3. The third-order valence-electron chi connectivity index (χ3n) is 4.19. The molecule has 2 N–H and O–H groups in total. The number of aromatic nitrogens is 2. The van der Waals surface area contributed by atoms with Crippen molar-refractivity contribution in [2.75, 3.05) is 13.2 Å². The first kappa shape index (κ1) is 15.7. The van der Waals surface area contributed by atoms with Crippen LogP contribution in [0.25, 0.3) is 11.4 Å². The first-order chi connectivity index (χ1) is 11.3. The highest BCUT2D eigenvalue weighted by Crippen LogP contribution is 2.21. The van der Waals surface area contributed by atoms with Gasteiger partial charge in [-0.15, -0.1) is 0 Å². The number of H-pyrrole nitrogens is 1. The number of nitrogens with zero attached hydrogens (tertiary/aromatic N) is 1. The summed E-state index contributed by atoms with van der Waals surface area (Å²) in [6.45, 7) is 1.34. The van der Waals surface area contributed by atoms with E-state index in [9.17, 15) is 4.79 Å². The summed E-state index contributed by atoms with van der Waals surface area (Å²) in [6.07, 6.45) is 9.65. The van der Waals surface area contributed by atoms with E-state index in [0.29, 0.717) is 30.6 Å². The summed E-state index contributed by atoms with van der Waals surface area (Å²) in [5.41, 5.74) is 1.45. The Labute approximate surface area is 136 Å². The molecule has 1 aromatic heterocycles. The number of rotatable bonds is 7. The molecule has 1 amide bonds. The largest absolute Gasteiger partial charge is 0.378 e. The van der Waals surface area contributed by atoms with Crippen LogP contribution >= 0.6 is 0 Å². The van der Waals surface area contributed by atoms with Crippen LogP contribution in [-0.4, -0.2) is 35.1 Å². The Kier molecular flexibility index (Phi) is 5.42. The second-order valence-electron chi connectivity index (χ2n) is 5.87. The molecule has 0 saturated heterocycles. The number of amides is 1. The Morgan fingerprint density at radius 1 is 1.30 bits per heavy atom. The summed E-state index contributed by atoms with van der Waals surface area (Å²) in [5, 5.41) is 2.97. The number of benzene rings is 1. The molecule has 1 aromatic carbocycles. The summed E-state index contributed by atoms with van der Waals surface area (Å²) in [7, 11) is 0. The minimum absolute atomic E-state index is 0.0714. The first-order valence-corrected chi connectivity index (χ1v) is 8.33. The molecule has 23 heavy (non-hydrogen) atoms. The number of nitrogens with one attached hydrogen (secondary N) is 2. The van der Waals surface area contributed by atoms with Gasteiger partial charge < -0.3 is 15.0 Å². The molecule has 0 atom stereocenters. The van der Waals surface area contributed by atoms with Crippen molar-refractivity contribution in [1.82, 2.24) is 15.3 Å². The molecule has 0 radical (unpaired) electrons. The van der Waals surface area contributed by atoms with Gasteiger partial charge in [0.2, 0.25) is 0 Å². The molecule has 0 aliphatic heterocycles. The number of carbonyl (C=O) groups excluding carboxylic acids is 1. The lowest BCUT2D eigenvalue weighted by molar-refractivity contribution is 0.0565. The van der Waals surface area contributed by atoms with Gasteiger partial charge in [0, 0.05) is 31.1 Å². The highest BCUT2D eigenvalue weighted by atomic mass is 16.5. The molecule has 5 heteroatoms. The van der Waals surface area contributed by atoms with E-state index in [1.54, 1.807) is 12.4 Å². The van der Waals surface area contributed by atoms with Crippen LogP contribution in [0.1, 0.15) is 42.5 Å².